The van der Waals surface area contributed by atoms with Crippen LogP contribution in [0, 0.1) is 11.8 Å². The first-order valence-electron chi connectivity index (χ1n) is 6.86. The van der Waals surface area contributed by atoms with Gasteiger partial charge in [0, 0.05) is 10.9 Å². The van der Waals surface area contributed by atoms with Crippen molar-refractivity contribution >= 4 is 33.5 Å². The predicted molar refractivity (Wildman–Crippen MR) is 86.3 cm³/mol. The molecule has 0 fully saturated rings. The van der Waals surface area contributed by atoms with Gasteiger partial charge in [0.05, 0.1) is 11.3 Å². The average molecular weight is 357 g/mol. The number of halogens is 1. The fraction of sp³-hybridized carbons (Fsp3) is 0.467. The Kier molecular flexibility index (Phi) is 6.84. The largest absolute Gasteiger partial charge is 0.478 e. The molecule has 0 bridgehead atoms. The van der Waals surface area contributed by atoms with Crippen LogP contribution in [0.2, 0.25) is 0 Å². The number of benzene rings is 1. The lowest BCUT2D eigenvalue weighted by atomic mass is 9.94. The molecule has 0 saturated heterocycles. The van der Waals surface area contributed by atoms with E-state index < -0.39 is 5.97 Å². The third-order valence-corrected chi connectivity index (χ3v) is 3.59. The van der Waals surface area contributed by atoms with Crippen molar-refractivity contribution in [3.05, 3.63) is 28.2 Å². The number of hydrogen-bond donors (Lipinski definition) is 3. The molecule has 0 aliphatic carbocycles. The quantitative estimate of drug-likeness (QED) is 0.699. The van der Waals surface area contributed by atoms with Crippen LogP contribution in [0.1, 0.15) is 37.0 Å². The molecule has 1 atom stereocenters. The maximum atomic E-state index is 12.1. The molecule has 1 unspecified atom stereocenters. The van der Waals surface area contributed by atoms with Crippen molar-refractivity contribution in [2.24, 2.45) is 17.6 Å². The number of nitrogens with one attached hydrogen (secondary N) is 1. The second-order valence-corrected chi connectivity index (χ2v) is 6.39. The zero-order valence-corrected chi connectivity index (χ0v) is 13.8. The molecule has 0 saturated carbocycles. The van der Waals surface area contributed by atoms with Crippen molar-refractivity contribution < 1.29 is 14.7 Å². The summed E-state index contributed by atoms with van der Waals surface area (Å²) in [5, 5.41) is 11.8. The molecule has 1 aromatic rings. The van der Waals surface area contributed by atoms with E-state index in [4.69, 9.17) is 10.8 Å². The highest BCUT2D eigenvalue weighted by Crippen LogP contribution is 2.22. The van der Waals surface area contributed by atoms with E-state index in [0.29, 0.717) is 29.0 Å². The molecule has 0 aliphatic rings. The monoisotopic (exact) mass is 356 g/mol. The first-order valence-corrected chi connectivity index (χ1v) is 7.65. The zero-order valence-electron chi connectivity index (χ0n) is 12.2. The Morgan fingerprint density at radius 2 is 2.05 bits per heavy atom. The number of carboxylic acid groups (broad SMARTS) is 1. The molecule has 1 aromatic carbocycles. The molecule has 0 heterocycles. The standard InChI is InChI=1S/C15H21BrN2O3/c1-9(2)5-10(8-17)6-14(19)18-13-4-3-11(16)7-12(13)15(20)21/h3-4,7,9-10H,5-6,8,17H2,1-2H3,(H,18,19)(H,20,21). The number of hydrogen-bond acceptors (Lipinski definition) is 3. The Bertz CT molecular complexity index is 518. The number of carboxylic acids is 1. The van der Waals surface area contributed by atoms with Crippen LogP contribution < -0.4 is 11.1 Å². The van der Waals surface area contributed by atoms with Gasteiger partial charge in [-0.3, -0.25) is 4.79 Å². The highest BCUT2D eigenvalue weighted by molar-refractivity contribution is 9.10. The first kappa shape index (κ1) is 17.7. The average Bonchev–Trinajstić information content (AvgIpc) is 2.39. The highest BCUT2D eigenvalue weighted by Gasteiger charge is 2.17. The maximum Gasteiger partial charge on any atom is 0.337 e. The van der Waals surface area contributed by atoms with Crippen molar-refractivity contribution in [2.45, 2.75) is 26.7 Å². The van der Waals surface area contributed by atoms with E-state index in [0.717, 1.165) is 6.42 Å². The van der Waals surface area contributed by atoms with Gasteiger partial charge in [0.1, 0.15) is 0 Å². The molecular weight excluding hydrogens is 336 g/mol. The molecule has 5 nitrogen and oxygen atoms in total. The van der Waals surface area contributed by atoms with Crippen molar-refractivity contribution in [1.82, 2.24) is 0 Å². The number of amides is 1. The number of nitrogens with two attached hydrogens (primary N) is 1. The second-order valence-electron chi connectivity index (χ2n) is 5.48. The maximum absolute atomic E-state index is 12.1. The summed E-state index contributed by atoms with van der Waals surface area (Å²) in [6.45, 7) is 4.60. The van der Waals surface area contributed by atoms with Crippen LogP contribution in [-0.4, -0.2) is 23.5 Å². The summed E-state index contributed by atoms with van der Waals surface area (Å²) in [4.78, 5) is 23.2. The van der Waals surface area contributed by atoms with E-state index in [2.05, 4.69) is 35.1 Å². The van der Waals surface area contributed by atoms with E-state index in [1.807, 2.05) is 0 Å². The minimum Gasteiger partial charge on any atom is -0.478 e. The van der Waals surface area contributed by atoms with E-state index in [1.54, 1.807) is 12.1 Å². The highest BCUT2D eigenvalue weighted by atomic mass is 79.9. The van der Waals surface area contributed by atoms with Gasteiger partial charge < -0.3 is 16.2 Å². The van der Waals surface area contributed by atoms with E-state index in [9.17, 15) is 9.59 Å². The van der Waals surface area contributed by atoms with Gasteiger partial charge >= 0.3 is 5.97 Å². The fourth-order valence-electron chi connectivity index (χ4n) is 2.20. The van der Waals surface area contributed by atoms with Crippen LogP contribution in [0.4, 0.5) is 5.69 Å². The predicted octanol–water partition coefficient (Wildman–Crippen LogP) is 3.10. The lowest BCUT2D eigenvalue weighted by Gasteiger charge is -2.17. The van der Waals surface area contributed by atoms with Crippen LogP contribution in [0.25, 0.3) is 0 Å². The fourth-order valence-corrected chi connectivity index (χ4v) is 2.56. The molecule has 116 valence electrons. The van der Waals surface area contributed by atoms with Crippen molar-refractivity contribution in [2.75, 3.05) is 11.9 Å². The molecule has 0 spiro atoms. The molecule has 1 amide bonds. The molecule has 21 heavy (non-hydrogen) atoms. The van der Waals surface area contributed by atoms with E-state index in [-0.39, 0.29) is 17.4 Å². The first-order chi connectivity index (χ1) is 9.83. The molecule has 6 heteroatoms. The topological polar surface area (TPSA) is 92.4 Å². The van der Waals surface area contributed by atoms with Gasteiger partial charge in [-0.25, -0.2) is 4.79 Å². The number of carbonyl (C=O) groups is 2. The summed E-state index contributed by atoms with van der Waals surface area (Å²) in [7, 11) is 0. The van der Waals surface area contributed by atoms with Crippen LogP contribution in [-0.2, 0) is 4.79 Å². The van der Waals surface area contributed by atoms with Crippen molar-refractivity contribution in [1.29, 1.82) is 0 Å². The van der Waals surface area contributed by atoms with Gasteiger partial charge in [-0.05, 0) is 43.0 Å². The Morgan fingerprint density at radius 3 is 2.57 bits per heavy atom. The van der Waals surface area contributed by atoms with E-state index >= 15 is 0 Å². The Labute approximate surface area is 133 Å². The van der Waals surface area contributed by atoms with Crippen LogP contribution in [0.15, 0.2) is 22.7 Å². The van der Waals surface area contributed by atoms with Gasteiger partial charge in [-0.2, -0.15) is 0 Å². The van der Waals surface area contributed by atoms with Gasteiger partial charge in [0.25, 0.3) is 0 Å². The third kappa shape index (κ3) is 5.85. The summed E-state index contributed by atoms with van der Waals surface area (Å²) in [6.07, 6.45) is 1.17. The minimum absolute atomic E-state index is 0.0610. The SMILES string of the molecule is CC(C)CC(CN)CC(=O)Nc1ccc(Br)cc1C(=O)O. The van der Waals surface area contributed by atoms with Crippen molar-refractivity contribution in [3.63, 3.8) is 0 Å². The molecule has 4 N–H and O–H groups in total. The summed E-state index contributed by atoms with van der Waals surface area (Å²) < 4.78 is 0.651. The second kappa shape index (κ2) is 8.14. The van der Waals surface area contributed by atoms with Gasteiger partial charge in [-0.15, -0.1) is 0 Å². The molecule has 1 rings (SSSR count). The van der Waals surface area contributed by atoms with Gasteiger partial charge in [0.15, 0.2) is 0 Å². The number of aromatic carboxylic acids is 1. The number of rotatable bonds is 7. The normalized spacial score (nSPS) is 12.2. The third-order valence-electron chi connectivity index (χ3n) is 3.10. The lowest BCUT2D eigenvalue weighted by Crippen LogP contribution is -2.24. The van der Waals surface area contributed by atoms with E-state index in [1.165, 1.54) is 6.07 Å². The Morgan fingerprint density at radius 1 is 1.38 bits per heavy atom. The number of carbonyl (C=O) groups excluding carboxylic acids is 1. The Hall–Kier alpha value is -1.40. The zero-order chi connectivity index (χ0) is 16.0. The molecule has 0 aliphatic heterocycles. The summed E-state index contributed by atoms with van der Waals surface area (Å²) >= 11 is 3.22. The smallest absolute Gasteiger partial charge is 0.337 e. The van der Waals surface area contributed by atoms with Gasteiger partial charge in [0.2, 0.25) is 5.91 Å². The number of anilines is 1. The summed E-state index contributed by atoms with van der Waals surface area (Å²) in [5.41, 5.74) is 6.04. The molecule has 0 radical (unpaired) electrons. The van der Waals surface area contributed by atoms with Crippen molar-refractivity contribution in [3.8, 4) is 0 Å². The van der Waals surface area contributed by atoms with Crippen LogP contribution in [0.5, 0.6) is 0 Å². The van der Waals surface area contributed by atoms with Gasteiger partial charge in [-0.1, -0.05) is 29.8 Å². The lowest BCUT2D eigenvalue weighted by molar-refractivity contribution is -0.117. The van der Waals surface area contributed by atoms with Crippen LogP contribution >= 0.6 is 15.9 Å². The van der Waals surface area contributed by atoms with Crippen LogP contribution in [0.3, 0.4) is 0 Å². The Balaban J connectivity index is 2.77. The minimum atomic E-state index is -1.08. The molecular formula is C15H21BrN2O3. The molecule has 0 aromatic heterocycles. The summed E-state index contributed by atoms with van der Waals surface area (Å²) in [6, 6.07) is 4.73. The summed E-state index contributed by atoms with van der Waals surface area (Å²) in [5.74, 6) is -0.720.